The van der Waals surface area contributed by atoms with E-state index in [1.165, 1.54) is 0 Å². The van der Waals surface area contributed by atoms with Gasteiger partial charge in [-0.25, -0.2) is 4.39 Å². The monoisotopic (exact) mass is 295 g/mol. The Kier molecular flexibility index (Phi) is 4.48. The summed E-state index contributed by atoms with van der Waals surface area (Å²) >= 11 is 0. The van der Waals surface area contributed by atoms with Gasteiger partial charge in [0, 0.05) is 0 Å². The number of nitro benzene ring substituents is 1. The fourth-order valence-electron chi connectivity index (χ4n) is 1.29. The van der Waals surface area contributed by atoms with E-state index in [0.29, 0.717) is 6.07 Å². The van der Waals surface area contributed by atoms with Crippen LogP contribution in [0.3, 0.4) is 0 Å². The van der Waals surface area contributed by atoms with Crippen molar-refractivity contribution < 1.29 is 27.2 Å². The number of hydrogen-bond acceptors (Lipinski definition) is 4. The summed E-state index contributed by atoms with van der Waals surface area (Å²) in [4.78, 5) is 9.63. The SMILES string of the molecule is N=C(N)C(COc1ccc(F)cc1[N+](=O)[O-])C(F)(F)F. The van der Waals surface area contributed by atoms with Crippen LogP contribution in [0.15, 0.2) is 18.2 Å². The van der Waals surface area contributed by atoms with Gasteiger partial charge in [-0.15, -0.1) is 0 Å². The highest BCUT2D eigenvalue weighted by Crippen LogP contribution is 2.31. The maximum Gasteiger partial charge on any atom is 0.401 e. The molecule has 0 heterocycles. The normalized spacial score (nSPS) is 12.8. The minimum atomic E-state index is -4.82. The molecule has 0 radical (unpaired) electrons. The van der Waals surface area contributed by atoms with Gasteiger partial charge in [-0.05, 0) is 12.1 Å². The molecule has 0 aliphatic heterocycles. The van der Waals surface area contributed by atoms with Crippen molar-refractivity contribution in [3.05, 3.63) is 34.1 Å². The van der Waals surface area contributed by atoms with E-state index in [-0.39, 0.29) is 0 Å². The summed E-state index contributed by atoms with van der Waals surface area (Å²) in [6.07, 6.45) is -4.82. The average molecular weight is 295 g/mol. The van der Waals surface area contributed by atoms with Crippen LogP contribution in [0, 0.1) is 27.3 Å². The summed E-state index contributed by atoms with van der Waals surface area (Å²) in [6, 6.07) is 2.16. The Morgan fingerprint density at radius 3 is 2.55 bits per heavy atom. The first-order chi connectivity index (χ1) is 9.12. The average Bonchev–Trinajstić information content (AvgIpc) is 2.28. The zero-order valence-electron chi connectivity index (χ0n) is 9.78. The summed E-state index contributed by atoms with van der Waals surface area (Å²) < 4.78 is 55.0. The predicted molar refractivity (Wildman–Crippen MR) is 60.0 cm³/mol. The molecular weight excluding hydrogens is 286 g/mol. The standard InChI is InChI=1S/C10H9F4N3O3/c11-5-1-2-8(7(3-5)17(18)19)20-4-6(9(15)16)10(12,13)14/h1-3,6H,4H2,(H3,15,16). The first-order valence-corrected chi connectivity index (χ1v) is 5.10. The highest BCUT2D eigenvalue weighted by atomic mass is 19.4. The highest BCUT2D eigenvalue weighted by Gasteiger charge is 2.42. The number of halogens is 4. The van der Waals surface area contributed by atoms with Crippen LogP contribution >= 0.6 is 0 Å². The number of alkyl halides is 3. The molecule has 1 atom stereocenters. The van der Waals surface area contributed by atoms with Gasteiger partial charge in [-0.1, -0.05) is 0 Å². The number of rotatable bonds is 5. The molecule has 0 saturated heterocycles. The number of nitro groups is 1. The van der Waals surface area contributed by atoms with Gasteiger partial charge >= 0.3 is 11.9 Å². The van der Waals surface area contributed by atoms with Crippen LogP contribution in [0.25, 0.3) is 0 Å². The van der Waals surface area contributed by atoms with Crippen LogP contribution in [0.5, 0.6) is 5.75 Å². The third kappa shape index (κ3) is 3.80. The lowest BCUT2D eigenvalue weighted by atomic mass is 10.1. The molecule has 20 heavy (non-hydrogen) atoms. The largest absolute Gasteiger partial charge is 0.486 e. The zero-order chi connectivity index (χ0) is 15.5. The number of ether oxygens (including phenoxy) is 1. The third-order valence-corrected chi connectivity index (χ3v) is 2.29. The minimum Gasteiger partial charge on any atom is -0.486 e. The second-order valence-corrected chi connectivity index (χ2v) is 3.73. The van der Waals surface area contributed by atoms with Crippen molar-refractivity contribution in [1.29, 1.82) is 5.41 Å². The summed E-state index contributed by atoms with van der Waals surface area (Å²) in [5.74, 6) is -5.04. The molecule has 1 aromatic rings. The van der Waals surface area contributed by atoms with Crippen molar-refractivity contribution in [2.45, 2.75) is 6.18 Å². The molecule has 0 bridgehead atoms. The molecule has 3 N–H and O–H groups in total. The molecule has 110 valence electrons. The first kappa shape index (κ1) is 15.7. The van der Waals surface area contributed by atoms with Crippen LogP contribution in [0.1, 0.15) is 0 Å². The quantitative estimate of drug-likeness (QED) is 0.286. The lowest BCUT2D eigenvalue weighted by Gasteiger charge is -2.19. The van der Waals surface area contributed by atoms with E-state index in [1.807, 2.05) is 0 Å². The number of hydrogen-bond donors (Lipinski definition) is 2. The number of nitrogens with two attached hydrogens (primary N) is 1. The van der Waals surface area contributed by atoms with Crippen molar-refractivity contribution >= 4 is 11.5 Å². The zero-order valence-corrected chi connectivity index (χ0v) is 9.78. The van der Waals surface area contributed by atoms with Gasteiger partial charge in [0.25, 0.3) is 0 Å². The van der Waals surface area contributed by atoms with Crippen LogP contribution < -0.4 is 10.5 Å². The molecule has 0 amide bonds. The van der Waals surface area contributed by atoms with E-state index < -0.39 is 46.7 Å². The van der Waals surface area contributed by atoms with Crippen molar-refractivity contribution in [3.8, 4) is 5.75 Å². The van der Waals surface area contributed by atoms with Gasteiger partial charge in [0.15, 0.2) is 5.75 Å². The smallest absolute Gasteiger partial charge is 0.401 e. The van der Waals surface area contributed by atoms with E-state index >= 15 is 0 Å². The minimum absolute atomic E-state index is 0.520. The van der Waals surface area contributed by atoms with Gasteiger partial charge in [0.1, 0.15) is 24.2 Å². The van der Waals surface area contributed by atoms with Crippen LogP contribution in [0.2, 0.25) is 0 Å². The van der Waals surface area contributed by atoms with Gasteiger partial charge in [0.2, 0.25) is 0 Å². The van der Waals surface area contributed by atoms with Crippen molar-refractivity contribution in [2.75, 3.05) is 6.61 Å². The molecule has 0 aliphatic rings. The topological polar surface area (TPSA) is 102 Å². The Labute approximate surface area is 109 Å². The summed E-state index contributed by atoms with van der Waals surface area (Å²) in [5.41, 5.74) is 3.99. The van der Waals surface area contributed by atoms with Gasteiger partial charge in [-0.2, -0.15) is 13.2 Å². The Morgan fingerprint density at radius 1 is 1.50 bits per heavy atom. The molecule has 0 aromatic heterocycles. The van der Waals surface area contributed by atoms with Crippen molar-refractivity contribution in [3.63, 3.8) is 0 Å². The summed E-state index contributed by atoms with van der Waals surface area (Å²) in [6.45, 7) is -1.11. The molecule has 0 saturated carbocycles. The molecule has 6 nitrogen and oxygen atoms in total. The molecule has 1 aromatic carbocycles. The Balaban J connectivity index is 2.94. The summed E-state index contributed by atoms with van der Waals surface area (Å²) in [5, 5.41) is 17.4. The van der Waals surface area contributed by atoms with E-state index in [1.54, 1.807) is 0 Å². The van der Waals surface area contributed by atoms with Gasteiger partial charge in [0.05, 0.1) is 11.0 Å². The Bertz CT molecular complexity index is 533. The molecule has 1 unspecified atom stereocenters. The molecule has 1 rings (SSSR count). The van der Waals surface area contributed by atoms with E-state index in [0.717, 1.165) is 12.1 Å². The van der Waals surface area contributed by atoms with E-state index in [2.05, 4.69) is 4.74 Å². The predicted octanol–water partition coefficient (Wildman–Crippen LogP) is 2.23. The maximum absolute atomic E-state index is 12.8. The van der Waals surface area contributed by atoms with Crippen molar-refractivity contribution in [2.24, 2.45) is 11.7 Å². The highest BCUT2D eigenvalue weighted by molar-refractivity contribution is 5.80. The molecule has 0 aliphatic carbocycles. The molecular formula is C10H9F4N3O3. The van der Waals surface area contributed by atoms with Crippen LogP contribution in [0.4, 0.5) is 23.2 Å². The lowest BCUT2D eigenvalue weighted by Crippen LogP contribution is -2.39. The summed E-state index contributed by atoms with van der Waals surface area (Å²) in [7, 11) is 0. The van der Waals surface area contributed by atoms with Crippen molar-refractivity contribution in [1.82, 2.24) is 0 Å². The number of benzene rings is 1. The number of nitrogens with one attached hydrogen (secondary N) is 1. The Morgan fingerprint density at radius 2 is 2.10 bits per heavy atom. The first-order valence-electron chi connectivity index (χ1n) is 5.10. The van der Waals surface area contributed by atoms with E-state index in [9.17, 15) is 27.7 Å². The fourth-order valence-corrected chi connectivity index (χ4v) is 1.29. The molecule has 10 heteroatoms. The number of amidine groups is 1. The van der Waals surface area contributed by atoms with Crippen LogP contribution in [-0.2, 0) is 0 Å². The van der Waals surface area contributed by atoms with Gasteiger partial charge in [-0.3, -0.25) is 15.5 Å². The number of nitrogens with zero attached hydrogens (tertiary/aromatic N) is 1. The maximum atomic E-state index is 12.8. The Hall–Kier alpha value is -2.39. The van der Waals surface area contributed by atoms with Gasteiger partial charge < -0.3 is 10.5 Å². The molecule has 0 spiro atoms. The second-order valence-electron chi connectivity index (χ2n) is 3.73. The molecule has 0 fully saturated rings. The lowest BCUT2D eigenvalue weighted by molar-refractivity contribution is -0.386. The van der Waals surface area contributed by atoms with Crippen LogP contribution in [-0.4, -0.2) is 23.5 Å². The second kappa shape index (κ2) is 5.72. The third-order valence-electron chi connectivity index (χ3n) is 2.29. The van der Waals surface area contributed by atoms with E-state index in [4.69, 9.17) is 11.1 Å². The fraction of sp³-hybridized carbons (Fsp3) is 0.300.